The Balaban J connectivity index is 1.34. The van der Waals surface area contributed by atoms with Crippen molar-refractivity contribution in [3.63, 3.8) is 0 Å². The number of imidazole rings is 1. The molecule has 36 heavy (non-hydrogen) atoms. The summed E-state index contributed by atoms with van der Waals surface area (Å²) in [6.45, 7) is 9.10. The minimum atomic E-state index is -0.485. The van der Waals surface area contributed by atoms with E-state index in [0.717, 1.165) is 32.9 Å². The minimum Gasteiger partial charge on any atom is -0.497 e. The maximum atomic E-state index is 13.0. The highest BCUT2D eigenvalue weighted by Crippen LogP contribution is 2.35. The number of amides is 1. The molecule has 2 aliphatic heterocycles. The van der Waals surface area contributed by atoms with Gasteiger partial charge in [0.05, 0.1) is 26.9 Å². The van der Waals surface area contributed by atoms with Gasteiger partial charge < -0.3 is 29.3 Å². The van der Waals surface area contributed by atoms with Crippen molar-refractivity contribution >= 4 is 33.2 Å². The second-order valence-electron chi connectivity index (χ2n) is 10.3. The van der Waals surface area contributed by atoms with E-state index in [1.807, 2.05) is 45.6 Å². The molecular weight excluding hydrogens is 480 g/mol. The number of ether oxygens (including phenoxy) is 3. The van der Waals surface area contributed by atoms with Gasteiger partial charge in [0.25, 0.3) is 0 Å². The number of nitrogens with one attached hydrogen (secondary N) is 1. The van der Waals surface area contributed by atoms with Gasteiger partial charge in [0.15, 0.2) is 11.6 Å². The number of carbonyl (C=O) groups is 1. The van der Waals surface area contributed by atoms with E-state index in [4.69, 9.17) is 24.3 Å². The molecule has 2 saturated heterocycles. The van der Waals surface area contributed by atoms with Crippen molar-refractivity contribution in [3.05, 3.63) is 24.3 Å². The van der Waals surface area contributed by atoms with Crippen molar-refractivity contribution in [2.45, 2.75) is 44.9 Å². The Labute approximate surface area is 215 Å². The van der Waals surface area contributed by atoms with Crippen LogP contribution in [0.5, 0.6) is 5.75 Å². The summed E-state index contributed by atoms with van der Waals surface area (Å²) in [7, 11) is 3.55. The van der Waals surface area contributed by atoms with Crippen LogP contribution in [0.15, 0.2) is 24.3 Å². The number of nitrogens with zero attached hydrogens (tertiary/aromatic N) is 5. The first-order valence-corrected chi connectivity index (χ1v) is 13.1. The van der Waals surface area contributed by atoms with Gasteiger partial charge in [-0.15, -0.1) is 5.10 Å². The van der Waals surface area contributed by atoms with Crippen molar-refractivity contribution in [2.75, 3.05) is 57.2 Å². The van der Waals surface area contributed by atoms with E-state index in [9.17, 15) is 4.79 Å². The highest BCUT2D eigenvalue weighted by atomic mass is 32.1. The second-order valence-corrected chi connectivity index (χ2v) is 11.3. The molecule has 1 aromatic carbocycles. The molecule has 1 N–H and O–H groups in total. The van der Waals surface area contributed by atoms with Crippen LogP contribution in [0.4, 0.5) is 10.9 Å². The van der Waals surface area contributed by atoms with E-state index in [2.05, 4.69) is 26.1 Å². The lowest BCUT2D eigenvalue weighted by Gasteiger charge is -2.38. The monoisotopic (exact) mass is 514 g/mol. The number of fused-ring (bicyclic) bond motifs is 1. The molecule has 0 radical (unpaired) electrons. The molecule has 11 heteroatoms. The maximum Gasteiger partial charge on any atom is 0.242 e. The van der Waals surface area contributed by atoms with Gasteiger partial charge in [0, 0.05) is 44.1 Å². The lowest BCUT2D eigenvalue weighted by molar-refractivity contribution is -0.187. The number of hydrogen-bond acceptors (Lipinski definition) is 9. The molecular formula is C25H34N6O4S. The number of likely N-dealkylation sites (tertiary alicyclic amines) is 1. The number of likely N-dealkylation sites (N-methyl/N-ethyl adjacent to an activating group) is 1. The summed E-state index contributed by atoms with van der Waals surface area (Å²) < 4.78 is 18.7. The summed E-state index contributed by atoms with van der Waals surface area (Å²) in [5, 5.41) is 9.13. The molecule has 0 atom stereocenters. The van der Waals surface area contributed by atoms with Crippen molar-refractivity contribution in [3.8, 4) is 17.0 Å². The number of aromatic nitrogens is 3. The summed E-state index contributed by atoms with van der Waals surface area (Å²) in [5.41, 5.74) is 1.61. The Bertz CT molecular complexity index is 1220. The maximum absolute atomic E-state index is 13.0. The normalized spacial score (nSPS) is 17.6. The lowest BCUT2D eigenvalue weighted by atomic mass is 10.0. The van der Waals surface area contributed by atoms with Crippen molar-refractivity contribution in [1.82, 2.24) is 19.5 Å². The Morgan fingerprint density at radius 2 is 1.86 bits per heavy atom. The van der Waals surface area contributed by atoms with Crippen LogP contribution >= 0.6 is 11.3 Å². The first-order chi connectivity index (χ1) is 17.2. The highest BCUT2D eigenvalue weighted by molar-refractivity contribution is 7.20. The van der Waals surface area contributed by atoms with Gasteiger partial charge in [-0.3, -0.25) is 4.79 Å². The third kappa shape index (κ3) is 5.00. The molecule has 0 aliphatic carbocycles. The van der Waals surface area contributed by atoms with Crippen molar-refractivity contribution in [2.24, 2.45) is 0 Å². The first-order valence-electron chi connectivity index (χ1n) is 12.3. The number of hydrogen-bond donors (Lipinski definition) is 1. The molecule has 1 spiro atoms. The molecule has 5 rings (SSSR count). The molecule has 3 aromatic rings. The third-order valence-electron chi connectivity index (χ3n) is 6.44. The number of piperidine rings is 1. The first kappa shape index (κ1) is 24.8. The van der Waals surface area contributed by atoms with Crippen LogP contribution in [0, 0.1) is 0 Å². The Morgan fingerprint density at radius 1 is 1.19 bits per heavy atom. The number of carbonyl (C=O) groups excluding carboxylic acids is 1. The van der Waals surface area contributed by atoms with Crippen LogP contribution in [0.3, 0.4) is 0 Å². The van der Waals surface area contributed by atoms with Gasteiger partial charge in [-0.05, 0) is 45.0 Å². The Kier molecular flexibility index (Phi) is 6.56. The standard InChI is InChI=1S/C25H34N6O4S/c1-24(2,3)27-21-20(17-6-8-18(33-5)9-7-17)26-22-31(21)28-23(36-22)29(4)16-19(32)30-12-10-25(11-13-30)34-14-15-35-25/h6-9,27H,10-16H2,1-5H3. The van der Waals surface area contributed by atoms with Crippen LogP contribution in [-0.4, -0.2) is 83.7 Å². The van der Waals surface area contributed by atoms with E-state index in [1.54, 1.807) is 7.11 Å². The molecule has 0 saturated carbocycles. The molecule has 0 bridgehead atoms. The number of benzene rings is 1. The quantitative estimate of drug-likeness (QED) is 0.535. The topological polar surface area (TPSA) is 93.5 Å². The van der Waals surface area contributed by atoms with Gasteiger partial charge in [0.1, 0.15) is 11.4 Å². The second kappa shape index (κ2) is 9.53. The Morgan fingerprint density at radius 3 is 2.47 bits per heavy atom. The predicted octanol–water partition coefficient (Wildman–Crippen LogP) is 3.48. The van der Waals surface area contributed by atoms with Crippen LogP contribution in [0.25, 0.3) is 16.2 Å². The van der Waals surface area contributed by atoms with Crippen molar-refractivity contribution in [1.29, 1.82) is 0 Å². The predicted molar refractivity (Wildman–Crippen MR) is 140 cm³/mol. The molecule has 1 amide bonds. The molecule has 2 aliphatic rings. The minimum absolute atomic E-state index is 0.0742. The van der Waals surface area contributed by atoms with Gasteiger partial charge in [-0.1, -0.05) is 11.3 Å². The van der Waals surface area contributed by atoms with Crippen LogP contribution in [0.1, 0.15) is 33.6 Å². The summed E-state index contributed by atoms with van der Waals surface area (Å²) in [6.07, 6.45) is 1.42. The molecule has 4 heterocycles. The fourth-order valence-corrected chi connectivity index (χ4v) is 5.42. The van der Waals surface area contributed by atoms with E-state index < -0.39 is 5.79 Å². The SMILES string of the molecule is COc1ccc(-c2nc3sc(N(C)CC(=O)N4CCC5(CC4)OCCO5)nn3c2NC(C)(C)C)cc1. The molecule has 2 fully saturated rings. The van der Waals surface area contributed by atoms with Crippen LogP contribution in [0.2, 0.25) is 0 Å². The average Bonchev–Trinajstić information content (AvgIpc) is 3.55. The zero-order valence-electron chi connectivity index (χ0n) is 21.5. The fraction of sp³-hybridized carbons (Fsp3) is 0.560. The van der Waals surface area contributed by atoms with Crippen molar-refractivity contribution < 1.29 is 19.0 Å². The lowest BCUT2D eigenvalue weighted by Crippen LogP contribution is -2.49. The molecule has 0 unspecified atom stereocenters. The zero-order valence-corrected chi connectivity index (χ0v) is 22.4. The van der Waals surface area contributed by atoms with E-state index in [-0.39, 0.29) is 18.0 Å². The average molecular weight is 515 g/mol. The number of rotatable bonds is 6. The van der Waals surface area contributed by atoms with Gasteiger partial charge in [0.2, 0.25) is 16.0 Å². The van der Waals surface area contributed by atoms with Gasteiger partial charge >= 0.3 is 0 Å². The largest absolute Gasteiger partial charge is 0.497 e. The van der Waals surface area contributed by atoms with E-state index in [0.29, 0.717) is 39.1 Å². The number of anilines is 2. The Hall–Kier alpha value is -2.89. The molecule has 194 valence electrons. The van der Waals surface area contributed by atoms with E-state index in [1.165, 1.54) is 11.3 Å². The fourth-order valence-electron chi connectivity index (χ4n) is 4.56. The number of methoxy groups -OCH3 is 1. The van der Waals surface area contributed by atoms with Crippen LogP contribution in [-0.2, 0) is 14.3 Å². The summed E-state index contributed by atoms with van der Waals surface area (Å²) >= 11 is 1.46. The summed E-state index contributed by atoms with van der Waals surface area (Å²) in [6, 6.07) is 7.84. The molecule has 2 aromatic heterocycles. The molecule has 10 nitrogen and oxygen atoms in total. The third-order valence-corrected chi connectivity index (χ3v) is 7.46. The summed E-state index contributed by atoms with van der Waals surface area (Å²) in [4.78, 5) is 22.5. The van der Waals surface area contributed by atoms with Crippen LogP contribution < -0.4 is 15.0 Å². The highest BCUT2D eigenvalue weighted by Gasteiger charge is 2.40. The van der Waals surface area contributed by atoms with Gasteiger partial charge in [-0.2, -0.15) is 4.52 Å². The smallest absolute Gasteiger partial charge is 0.242 e. The van der Waals surface area contributed by atoms with Gasteiger partial charge in [-0.25, -0.2) is 4.98 Å². The summed E-state index contributed by atoms with van der Waals surface area (Å²) in [5.74, 6) is 1.21. The van der Waals surface area contributed by atoms with E-state index >= 15 is 0 Å². The zero-order chi connectivity index (χ0) is 25.5.